The van der Waals surface area contributed by atoms with Crippen molar-refractivity contribution >= 4 is 14.2 Å². The first-order valence-electron chi connectivity index (χ1n) is 7.33. The van der Waals surface area contributed by atoms with Crippen molar-refractivity contribution in [3.05, 3.63) is 53.1 Å². The molecule has 0 heterocycles. The second kappa shape index (κ2) is 7.93. The van der Waals surface area contributed by atoms with Crippen LogP contribution in [0.2, 0.25) is 0 Å². The second-order valence-electron chi connectivity index (χ2n) is 5.10. The first kappa shape index (κ1) is 18.0. The number of methoxy groups -OCH3 is 3. The van der Waals surface area contributed by atoms with E-state index in [4.69, 9.17) is 14.2 Å². The van der Waals surface area contributed by atoms with E-state index in [2.05, 4.69) is 0 Å². The Balaban J connectivity index is 2.65. The van der Waals surface area contributed by atoms with E-state index in [1.54, 1.807) is 37.3 Å². The van der Waals surface area contributed by atoms with E-state index in [9.17, 15) is 9.36 Å². The van der Waals surface area contributed by atoms with Crippen LogP contribution < -0.4 is 14.2 Å². The molecule has 0 bridgehead atoms. The van der Waals surface area contributed by atoms with Gasteiger partial charge in [0.25, 0.3) is 0 Å². The minimum absolute atomic E-state index is 0.0450. The van der Waals surface area contributed by atoms with Gasteiger partial charge in [0.15, 0.2) is 8.46 Å². The van der Waals surface area contributed by atoms with E-state index in [-0.39, 0.29) is 19.9 Å². The average Bonchev–Trinajstić information content (AvgIpc) is 2.65. The molecule has 5 nitrogen and oxygen atoms in total. The summed E-state index contributed by atoms with van der Waals surface area (Å²) in [6.07, 6.45) is 0. The molecule has 0 saturated carbocycles. The Bertz CT molecular complexity index is 732. The van der Waals surface area contributed by atoms with Crippen LogP contribution in [-0.2, 0) is 4.57 Å². The number of ketones is 1. The quantitative estimate of drug-likeness (QED) is 0.553. The molecular weight excluding hydrogens is 327 g/mol. The monoisotopic (exact) mass is 346 g/mol. The Hall–Kier alpha value is -2.39. The largest absolute Gasteiger partial charge is 0.496 e. The van der Waals surface area contributed by atoms with Crippen LogP contribution in [0.15, 0.2) is 36.4 Å². The number of ether oxygens (including phenoxy) is 3. The lowest BCUT2D eigenvalue weighted by Gasteiger charge is -2.16. The molecule has 0 aliphatic carbocycles. The molecule has 2 aromatic rings. The van der Waals surface area contributed by atoms with E-state index in [0.29, 0.717) is 33.9 Å². The predicted octanol–water partition coefficient (Wildman–Crippen LogP) is 4.30. The maximum absolute atomic E-state index is 13.1. The van der Waals surface area contributed by atoms with Crippen LogP contribution in [0.3, 0.4) is 0 Å². The minimum atomic E-state index is -0.291. The van der Waals surface area contributed by atoms with Gasteiger partial charge in [-0.3, -0.25) is 9.36 Å². The molecule has 0 spiro atoms. The summed E-state index contributed by atoms with van der Waals surface area (Å²) in [6, 6.07) is 10.4. The van der Waals surface area contributed by atoms with Gasteiger partial charge < -0.3 is 14.2 Å². The smallest absolute Gasteiger partial charge is 0.200 e. The number of benzene rings is 2. The summed E-state index contributed by atoms with van der Waals surface area (Å²) in [4.78, 5) is 13.1. The van der Waals surface area contributed by atoms with Crippen LogP contribution in [-0.4, -0.2) is 27.1 Å². The number of carbonyl (C=O) groups is 1. The fraction of sp³-hybridized carbons (Fsp3) is 0.278. The molecule has 2 aromatic carbocycles. The summed E-state index contributed by atoms with van der Waals surface area (Å²) >= 11 is 0. The summed E-state index contributed by atoms with van der Waals surface area (Å²) in [7, 11) is 4.45. The highest BCUT2D eigenvalue weighted by molar-refractivity contribution is 7.24. The van der Waals surface area contributed by atoms with Gasteiger partial charge in [-0.05, 0) is 12.5 Å². The molecule has 126 valence electrons. The van der Waals surface area contributed by atoms with Gasteiger partial charge in [0.2, 0.25) is 5.78 Å². The van der Waals surface area contributed by atoms with Crippen LogP contribution >= 0.6 is 8.46 Å². The Kier molecular flexibility index (Phi) is 5.93. The van der Waals surface area contributed by atoms with Gasteiger partial charge in [0.05, 0.1) is 27.0 Å². The van der Waals surface area contributed by atoms with Crippen LogP contribution in [0.1, 0.15) is 34.1 Å². The van der Waals surface area contributed by atoms with E-state index in [1.165, 1.54) is 21.3 Å². The Morgan fingerprint density at radius 3 is 2.08 bits per heavy atom. The van der Waals surface area contributed by atoms with Crippen LogP contribution in [0.4, 0.5) is 0 Å². The lowest BCUT2D eigenvalue weighted by molar-refractivity contribution is 0.103. The van der Waals surface area contributed by atoms with Crippen molar-refractivity contribution in [2.24, 2.45) is 0 Å². The molecule has 0 N–H and O–H groups in total. The summed E-state index contributed by atoms with van der Waals surface area (Å²) < 4.78 is 27.2. The Morgan fingerprint density at radius 2 is 1.58 bits per heavy atom. The predicted molar refractivity (Wildman–Crippen MR) is 92.0 cm³/mol. The van der Waals surface area contributed by atoms with Gasteiger partial charge in [0, 0.05) is 17.7 Å². The van der Waals surface area contributed by atoms with Crippen molar-refractivity contribution in [3.63, 3.8) is 0 Å². The molecule has 0 saturated heterocycles. The fourth-order valence-electron chi connectivity index (χ4n) is 2.49. The molecule has 0 aromatic heterocycles. The normalized spacial score (nSPS) is 11.8. The molecule has 0 aliphatic rings. The number of carbonyl (C=O) groups excluding carboxylic acids is 1. The summed E-state index contributed by atoms with van der Waals surface area (Å²) in [5.74, 6) is 0.995. The van der Waals surface area contributed by atoms with E-state index >= 15 is 0 Å². The molecule has 6 heteroatoms. The molecular formula is C18H19O5P. The standard InChI is InChI=1S/C18H19O5P/c1-11(24-20)13-7-5-6-8-14(13)18(19)17-15(22-3)9-12(21-2)10-16(17)23-4/h5-11H,1-4H3. The van der Waals surface area contributed by atoms with Crippen LogP contribution in [0.5, 0.6) is 17.2 Å². The fourth-order valence-corrected chi connectivity index (χ4v) is 2.83. The van der Waals surface area contributed by atoms with Crippen molar-refractivity contribution in [1.29, 1.82) is 0 Å². The zero-order valence-corrected chi connectivity index (χ0v) is 14.9. The summed E-state index contributed by atoms with van der Waals surface area (Å²) in [5, 5.41) is 0. The lowest BCUT2D eigenvalue weighted by atomic mass is 9.95. The average molecular weight is 346 g/mol. The van der Waals surface area contributed by atoms with Gasteiger partial charge in [-0.2, -0.15) is 0 Å². The zero-order valence-electron chi connectivity index (χ0n) is 14.0. The maximum Gasteiger partial charge on any atom is 0.200 e. The van der Waals surface area contributed by atoms with Gasteiger partial charge in [0.1, 0.15) is 22.8 Å². The minimum Gasteiger partial charge on any atom is -0.496 e. The number of hydrogen-bond donors (Lipinski definition) is 0. The SMILES string of the molecule is COc1cc(OC)c(C(=O)c2ccccc2C(C)P=O)c(OC)c1. The van der Waals surface area contributed by atoms with Crippen molar-refractivity contribution in [2.75, 3.05) is 21.3 Å². The molecule has 0 fully saturated rings. The van der Waals surface area contributed by atoms with Gasteiger partial charge in [-0.25, -0.2) is 0 Å². The van der Waals surface area contributed by atoms with Gasteiger partial charge >= 0.3 is 0 Å². The van der Waals surface area contributed by atoms with E-state index in [0.717, 1.165) is 0 Å². The van der Waals surface area contributed by atoms with Crippen LogP contribution in [0.25, 0.3) is 0 Å². The van der Waals surface area contributed by atoms with Crippen molar-refractivity contribution in [3.8, 4) is 17.2 Å². The Labute approximate surface area is 142 Å². The van der Waals surface area contributed by atoms with Gasteiger partial charge in [-0.15, -0.1) is 0 Å². The third-order valence-corrected chi connectivity index (χ3v) is 4.35. The molecule has 24 heavy (non-hydrogen) atoms. The highest BCUT2D eigenvalue weighted by atomic mass is 31.1. The second-order valence-corrected chi connectivity index (χ2v) is 6.09. The summed E-state index contributed by atoms with van der Waals surface area (Å²) in [5.41, 5.74) is 1.19. The van der Waals surface area contributed by atoms with Gasteiger partial charge in [-0.1, -0.05) is 24.3 Å². The Morgan fingerprint density at radius 1 is 1.00 bits per heavy atom. The van der Waals surface area contributed by atoms with Crippen molar-refractivity contribution < 1.29 is 23.6 Å². The first-order chi connectivity index (χ1) is 11.6. The topological polar surface area (TPSA) is 61.8 Å². The highest BCUT2D eigenvalue weighted by Crippen LogP contribution is 2.37. The first-order valence-corrected chi connectivity index (χ1v) is 8.21. The van der Waals surface area contributed by atoms with Crippen molar-refractivity contribution in [2.45, 2.75) is 12.6 Å². The van der Waals surface area contributed by atoms with Crippen molar-refractivity contribution in [1.82, 2.24) is 0 Å². The molecule has 0 amide bonds. The molecule has 1 unspecified atom stereocenters. The molecule has 0 radical (unpaired) electrons. The maximum atomic E-state index is 13.1. The van der Waals surface area contributed by atoms with E-state index in [1.807, 2.05) is 6.07 Å². The molecule has 0 aliphatic heterocycles. The molecule has 2 rings (SSSR count). The zero-order chi connectivity index (χ0) is 17.7. The highest BCUT2D eigenvalue weighted by Gasteiger charge is 2.24. The number of hydrogen-bond acceptors (Lipinski definition) is 5. The third kappa shape index (κ3) is 3.41. The third-order valence-electron chi connectivity index (χ3n) is 3.76. The van der Waals surface area contributed by atoms with E-state index < -0.39 is 0 Å². The van der Waals surface area contributed by atoms with Crippen LogP contribution in [0, 0.1) is 0 Å². The summed E-state index contributed by atoms with van der Waals surface area (Å²) in [6.45, 7) is 1.79. The molecule has 1 atom stereocenters. The number of rotatable bonds is 7. The lowest BCUT2D eigenvalue weighted by Crippen LogP contribution is -2.10.